The van der Waals surface area contributed by atoms with Gasteiger partial charge in [-0.25, -0.2) is 10.8 Å². The first kappa shape index (κ1) is 12.6. The van der Waals surface area contributed by atoms with Crippen molar-refractivity contribution in [2.24, 2.45) is 5.84 Å². The van der Waals surface area contributed by atoms with Gasteiger partial charge in [-0.2, -0.15) is 0 Å². The van der Waals surface area contributed by atoms with E-state index in [1.807, 2.05) is 18.2 Å². The summed E-state index contributed by atoms with van der Waals surface area (Å²) in [7, 11) is 0. The van der Waals surface area contributed by atoms with Crippen LogP contribution in [0.15, 0.2) is 29.1 Å². The molecule has 1 heterocycles. The molecule has 2 rings (SSSR count). The number of nitrogen functional groups attached to an aromatic ring is 1. The third-order valence-corrected chi connectivity index (χ3v) is 2.86. The van der Waals surface area contributed by atoms with Gasteiger partial charge in [-0.15, -0.1) is 0 Å². The maximum absolute atomic E-state index is 11.9. The minimum absolute atomic E-state index is 0.199. The van der Waals surface area contributed by atoms with E-state index in [2.05, 4.69) is 15.4 Å². The number of aryl methyl sites for hydroxylation is 1. The molecule has 94 valence electrons. The zero-order valence-electron chi connectivity index (χ0n) is 9.83. The topological polar surface area (TPSA) is 83.8 Å². The van der Waals surface area contributed by atoms with Crippen LogP contribution in [-0.2, 0) is 6.42 Å². The third-order valence-electron chi connectivity index (χ3n) is 2.63. The maximum atomic E-state index is 11.9. The van der Waals surface area contributed by atoms with Crippen LogP contribution in [0.1, 0.15) is 16.8 Å². The van der Waals surface area contributed by atoms with Gasteiger partial charge in [-0.05, 0) is 24.6 Å². The van der Waals surface area contributed by atoms with E-state index >= 15 is 0 Å². The van der Waals surface area contributed by atoms with Crippen LogP contribution in [0.5, 0.6) is 0 Å². The molecule has 0 saturated heterocycles. The van der Waals surface area contributed by atoms with Crippen molar-refractivity contribution in [1.29, 1.82) is 0 Å². The van der Waals surface area contributed by atoms with Crippen LogP contribution < -0.4 is 16.8 Å². The number of aromatic nitrogens is 2. The average molecular weight is 265 g/mol. The zero-order chi connectivity index (χ0) is 13.1. The molecule has 0 spiro atoms. The van der Waals surface area contributed by atoms with Gasteiger partial charge < -0.3 is 0 Å². The molecular weight excluding hydrogens is 252 g/mol. The molecule has 1 aromatic heterocycles. The van der Waals surface area contributed by atoms with Gasteiger partial charge >= 0.3 is 0 Å². The average Bonchev–Trinajstić information content (AvgIpc) is 2.33. The second-order valence-electron chi connectivity index (χ2n) is 3.93. The Morgan fingerprint density at radius 3 is 2.89 bits per heavy atom. The van der Waals surface area contributed by atoms with Crippen molar-refractivity contribution in [2.45, 2.75) is 13.3 Å². The van der Waals surface area contributed by atoms with E-state index in [1.54, 1.807) is 13.0 Å². The molecule has 0 aliphatic heterocycles. The summed E-state index contributed by atoms with van der Waals surface area (Å²) in [4.78, 5) is 18.6. The molecule has 0 radical (unpaired) electrons. The van der Waals surface area contributed by atoms with E-state index in [0.717, 1.165) is 5.56 Å². The fourth-order valence-electron chi connectivity index (χ4n) is 1.74. The number of benzene rings is 1. The van der Waals surface area contributed by atoms with Crippen LogP contribution in [-0.4, -0.2) is 9.97 Å². The molecule has 2 aromatic rings. The molecule has 0 amide bonds. The smallest absolute Gasteiger partial charge is 0.256 e. The van der Waals surface area contributed by atoms with Crippen molar-refractivity contribution in [3.8, 4) is 0 Å². The van der Waals surface area contributed by atoms with E-state index in [-0.39, 0.29) is 11.5 Å². The van der Waals surface area contributed by atoms with E-state index in [9.17, 15) is 4.79 Å². The van der Waals surface area contributed by atoms with Gasteiger partial charge in [0.1, 0.15) is 0 Å². The molecule has 5 nitrogen and oxygen atoms in total. The Hall–Kier alpha value is -1.85. The van der Waals surface area contributed by atoms with Gasteiger partial charge in [0.25, 0.3) is 5.56 Å². The number of H-pyrrole nitrogens is 1. The summed E-state index contributed by atoms with van der Waals surface area (Å²) >= 11 is 5.91. The van der Waals surface area contributed by atoms with Gasteiger partial charge in [0.2, 0.25) is 5.95 Å². The maximum Gasteiger partial charge on any atom is 0.256 e. The summed E-state index contributed by atoms with van der Waals surface area (Å²) in [6.07, 6.45) is 0.486. The SMILES string of the molecule is Cc1nc(NN)[nH]c(=O)c1Cc1cccc(Cl)c1. The standard InChI is InChI=1S/C12H13ClN4O/c1-7-10(11(18)16-12(15-7)17-14)6-8-3-2-4-9(13)5-8/h2-5H,6,14H2,1H3,(H2,15,16,17,18). The predicted octanol–water partition coefficient (Wildman–Crippen LogP) is 1.61. The van der Waals surface area contributed by atoms with E-state index in [4.69, 9.17) is 17.4 Å². The number of hydrogen-bond donors (Lipinski definition) is 3. The third kappa shape index (κ3) is 2.69. The molecule has 0 aliphatic rings. The molecule has 0 unspecified atom stereocenters. The summed E-state index contributed by atoms with van der Waals surface area (Å²) < 4.78 is 0. The Kier molecular flexibility index (Phi) is 3.64. The minimum Gasteiger partial charge on any atom is -0.294 e. The van der Waals surface area contributed by atoms with E-state index in [1.165, 1.54) is 0 Å². The first-order valence-corrected chi connectivity index (χ1v) is 5.79. The highest BCUT2D eigenvalue weighted by molar-refractivity contribution is 6.30. The van der Waals surface area contributed by atoms with Crippen molar-refractivity contribution in [1.82, 2.24) is 9.97 Å². The Bertz CT molecular complexity index is 624. The zero-order valence-corrected chi connectivity index (χ0v) is 10.6. The molecule has 0 atom stereocenters. The van der Waals surface area contributed by atoms with Crippen molar-refractivity contribution >= 4 is 17.5 Å². The number of halogens is 1. The molecule has 0 fully saturated rings. The second kappa shape index (κ2) is 5.20. The van der Waals surface area contributed by atoms with Crippen LogP contribution in [0.4, 0.5) is 5.95 Å². The number of nitrogens with two attached hydrogens (primary N) is 1. The highest BCUT2D eigenvalue weighted by Crippen LogP contribution is 2.14. The van der Waals surface area contributed by atoms with Gasteiger partial charge in [-0.1, -0.05) is 23.7 Å². The molecule has 4 N–H and O–H groups in total. The summed E-state index contributed by atoms with van der Waals surface area (Å²) in [6, 6.07) is 7.39. The van der Waals surface area contributed by atoms with Gasteiger partial charge in [0, 0.05) is 17.0 Å². The van der Waals surface area contributed by atoms with Crippen LogP contribution >= 0.6 is 11.6 Å². The molecule has 6 heteroatoms. The summed E-state index contributed by atoms with van der Waals surface area (Å²) in [5, 5.41) is 0.648. The van der Waals surface area contributed by atoms with Crippen LogP contribution in [0.25, 0.3) is 0 Å². The molecule has 18 heavy (non-hydrogen) atoms. The highest BCUT2D eigenvalue weighted by atomic mass is 35.5. The fraction of sp³-hybridized carbons (Fsp3) is 0.167. The first-order valence-electron chi connectivity index (χ1n) is 5.41. The second-order valence-corrected chi connectivity index (χ2v) is 4.37. The normalized spacial score (nSPS) is 10.4. The Balaban J connectivity index is 2.38. The Labute approximate surface area is 109 Å². The lowest BCUT2D eigenvalue weighted by Gasteiger charge is -2.07. The number of nitrogens with one attached hydrogen (secondary N) is 2. The molecular formula is C12H13ClN4O. The van der Waals surface area contributed by atoms with Crippen molar-refractivity contribution in [3.05, 3.63) is 56.5 Å². The summed E-state index contributed by atoms with van der Waals surface area (Å²) in [5.41, 5.74) is 4.34. The lowest BCUT2D eigenvalue weighted by molar-refractivity contribution is 0.972. The summed E-state index contributed by atoms with van der Waals surface area (Å²) in [5.74, 6) is 5.47. The first-order chi connectivity index (χ1) is 8.60. The number of aromatic amines is 1. The van der Waals surface area contributed by atoms with Gasteiger partial charge in [0.05, 0.1) is 5.69 Å². The summed E-state index contributed by atoms with van der Waals surface area (Å²) in [6.45, 7) is 1.77. The largest absolute Gasteiger partial charge is 0.294 e. The lowest BCUT2D eigenvalue weighted by Crippen LogP contribution is -2.21. The van der Waals surface area contributed by atoms with Crippen molar-refractivity contribution in [3.63, 3.8) is 0 Å². The Morgan fingerprint density at radius 2 is 2.28 bits per heavy atom. The van der Waals surface area contributed by atoms with Crippen LogP contribution in [0.2, 0.25) is 5.02 Å². The van der Waals surface area contributed by atoms with Crippen LogP contribution in [0.3, 0.4) is 0 Å². The number of hydrazine groups is 1. The van der Waals surface area contributed by atoms with Gasteiger partial charge in [-0.3, -0.25) is 15.2 Å². The molecule has 0 aliphatic carbocycles. The van der Waals surface area contributed by atoms with E-state index < -0.39 is 0 Å². The molecule has 1 aromatic carbocycles. The number of nitrogens with zero attached hydrogens (tertiary/aromatic N) is 1. The number of rotatable bonds is 3. The lowest BCUT2D eigenvalue weighted by atomic mass is 10.1. The molecule has 0 bridgehead atoms. The number of anilines is 1. The molecule has 0 saturated carbocycles. The fourth-order valence-corrected chi connectivity index (χ4v) is 1.95. The van der Waals surface area contributed by atoms with E-state index in [0.29, 0.717) is 22.7 Å². The number of hydrogen-bond acceptors (Lipinski definition) is 4. The van der Waals surface area contributed by atoms with Crippen LogP contribution in [0, 0.1) is 6.92 Å². The quantitative estimate of drug-likeness (QED) is 0.581. The Morgan fingerprint density at radius 1 is 1.50 bits per heavy atom. The van der Waals surface area contributed by atoms with Crippen molar-refractivity contribution < 1.29 is 0 Å². The minimum atomic E-state index is -0.199. The van der Waals surface area contributed by atoms with Gasteiger partial charge in [0.15, 0.2) is 0 Å². The monoisotopic (exact) mass is 264 g/mol. The predicted molar refractivity (Wildman–Crippen MR) is 71.7 cm³/mol. The van der Waals surface area contributed by atoms with Crippen molar-refractivity contribution in [2.75, 3.05) is 5.43 Å². The highest BCUT2D eigenvalue weighted by Gasteiger charge is 2.08.